The summed E-state index contributed by atoms with van der Waals surface area (Å²) in [6.07, 6.45) is 6.77. The Morgan fingerprint density at radius 3 is 1.69 bits per heavy atom. The largest absolute Gasteiger partial charge is 0.367 e. The van der Waals surface area contributed by atoms with E-state index in [1.54, 1.807) is 0 Å². The average molecular weight is 179 g/mol. The lowest BCUT2D eigenvalue weighted by molar-refractivity contribution is 0.682. The van der Waals surface area contributed by atoms with Gasteiger partial charge in [0.05, 0.1) is 0 Å². The van der Waals surface area contributed by atoms with Gasteiger partial charge in [-0.25, -0.2) is 0 Å². The smallest absolute Gasteiger partial charge is 0.00430 e. The number of H-pyrrole nitrogens is 1. The zero-order valence-corrected chi connectivity index (χ0v) is 9.22. The molecular formula is C12H21N. The lowest BCUT2D eigenvalue weighted by atomic mass is 9.90. The maximum Gasteiger partial charge on any atom is 0.00430 e. The van der Waals surface area contributed by atoms with Gasteiger partial charge in [-0.15, -0.1) is 0 Å². The number of nitrogens with one attached hydrogen (secondary N) is 1. The van der Waals surface area contributed by atoms with Crippen LogP contribution in [0.1, 0.15) is 63.5 Å². The molecule has 0 bridgehead atoms. The van der Waals surface area contributed by atoms with Crippen molar-refractivity contribution in [3.8, 4) is 0 Å². The molecule has 13 heavy (non-hydrogen) atoms. The maximum absolute atomic E-state index is 3.23. The molecule has 1 rings (SSSR count). The first kappa shape index (κ1) is 10.4. The Morgan fingerprint density at radius 2 is 1.38 bits per heavy atom. The van der Waals surface area contributed by atoms with E-state index < -0.39 is 0 Å². The third-order valence-corrected chi connectivity index (χ3v) is 3.10. The summed E-state index contributed by atoms with van der Waals surface area (Å²) in [7, 11) is 0. The summed E-state index contributed by atoms with van der Waals surface area (Å²) in [5.74, 6) is 1.38. The summed E-state index contributed by atoms with van der Waals surface area (Å²) in [5, 5.41) is 0. The molecule has 0 fully saturated rings. The molecule has 0 spiro atoms. The molecule has 1 heteroatoms. The van der Waals surface area contributed by atoms with E-state index in [4.69, 9.17) is 0 Å². The fourth-order valence-electron chi connectivity index (χ4n) is 1.68. The van der Waals surface area contributed by atoms with Crippen molar-refractivity contribution in [3.05, 3.63) is 23.5 Å². The van der Waals surface area contributed by atoms with E-state index in [0.29, 0.717) is 11.8 Å². The standard InChI is InChI=1S/C12H21N/c1-5-9(3)11-7-13-8-12(11)10(4)6-2/h7-10,13H,5-6H2,1-4H3. The first-order valence-electron chi connectivity index (χ1n) is 5.37. The van der Waals surface area contributed by atoms with E-state index in [1.807, 2.05) is 0 Å². The fourth-order valence-corrected chi connectivity index (χ4v) is 1.68. The van der Waals surface area contributed by atoms with Crippen LogP contribution < -0.4 is 0 Å². The minimum absolute atomic E-state index is 0.690. The molecule has 1 N–H and O–H groups in total. The topological polar surface area (TPSA) is 15.8 Å². The molecule has 2 atom stereocenters. The molecule has 0 aliphatic rings. The Bertz CT molecular complexity index is 225. The van der Waals surface area contributed by atoms with E-state index in [9.17, 15) is 0 Å². The molecule has 0 radical (unpaired) electrons. The van der Waals surface area contributed by atoms with Crippen LogP contribution in [-0.4, -0.2) is 4.98 Å². The van der Waals surface area contributed by atoms with E-state index in [0.717, 1.165) is 0 Å². The molecular weight excluding hydrogens is 158 g/mol. The summed E-state index contributed by atoms with van der Waals surface area (Å²) in [6.45, 7) is 9.10. The number of hydrogen-bond donors (Lipinski definition) is 1. The minimum Gasteiger partial charge on any atom is -0.367 e. The van der Waals surface area contributed by atoms with Gasteiger partial charge in [-0.3, -0.25) is 0 Å². The van der Waals surface area contributed by atoms with E-state index in [2.05, 4.69) is 45.1 Å². The number of aromatic nitrogens is 1. The van der Waals surface area contributed by atoms with Crippen molar-refractivity contribution in [2.45, 2.75) is 52.4 Å². The quantitative estimate of drug-likeness (QED) is 0.718. The molecule has 1 aromatic heterocycles. The molecule has 0 aliphatic heterocycles. The van der Waals surface area contributed by atoms with Crippen molar-refractivity contribution in [3.63, 3.8) is 0 Å². The molecule has 0 saturated carbocycles. The van der Waals surface area contributed by atoms with Gasteiger partial charge in [0.1, 0.15) is 0 Å². The van der Waals surface area contributed by atoms with Crippen LogP contribution in [-0.2, 0) is 0 Å². The van der Waals surface area contributed by atoms with Crippen LogP contribution in [0.4, 0.5) is 0 Å². The van der Waals surface area contributed by atoms with Gasteiger partial charge in [-0.05, 0) is 35.8 Å². The third kappa shape index (κ3) is 2.15. The number of aromatic amines is 1. The zero-order valence-electron chi connectivity index (χ0n) is 9.22. The second-order valence-corrected chi connectivity index (χ2v) is 3.98. The Hall–Kier alpha value is -0.720. The molecule has 0 aliphatic carbocycles. The second kappa shape index (κ2) is 4.50. The SMILES string of the molecule is CCC(C)c1c[nH]cc1C(C)CC. The molecule has 0 saturated heterocycles. The highest BCUT2D eigenvalue weighted by Gasteiger charge is 2.13. The van der Waals surface area contributed by atoms with Gasteiger partial charge in [0, 0.05) is 12.4 Å². The normalized spacial score (nSPS) is 15.7. The summed E-state index contributed by atoms with van der Waals surface area (Å²) in [4.78, 5) is 3.23. The van der Waals surface area contributed by atoms with Crippen molar-refractivity contribution < 1.29 is 0 Å². The zero-order chi connectivity index (χ0) is 9.84. The molecule has 2 unspecified atom stereocenters. The van der Waals surface area contributed by atoms with Crippen molar-refractivity contribution in [2.24, 2.45) is 0 Å². The van der Waals surface area contributed by atoms with E-state index in [-0.39, 0.29) is 0 Å². The maximum atomic E-state index is 3.23. The Kier molecular flexibility index (Phi) is 3.58. The Labute approximate surface area is 81.6 Å². The highest BCUT2D eigenvalue weighted by Crippen LogP contribution is 2.29. The third-order valence-electron chi connectivity index (χ3n) is 3.10. The van der Waals surface area contributed by atoms with Gasteiger partial charge in [0.2, 0.25) is 0 Å². The summed E-state index contributed by atoms with van der Waals surface area (Å²) < 4.78 is 0. The van der Waals surface area contributed by atoms with E-state index >= 15 is 0 Å². The molecule has 0 amide bonds. The van der Waals surface area contributed by atoms with Gasteiger partial charge >= 0.3 is 0 Å². The van der Waals surface area contributed by atoms with Gasteiger partial charge < -0.3 is 4.98 Å². The van der Waals surface area contributed by atoms with Crippen LogP contribution in [0.3, 0.4) is 0 Å². The van der Waals surface area contributed by atoms with E-state index in [1.165, 1.54) is 24.0 Å². The first-order chi connectivity index (χ1) is 6.20. The Balaban J connectivity index is 2.88. The van der Waals surface area contributed by atoms with Crippen LogP contribution in [0.2, 0.25) is 0 Å². The highest BCUT2D eigenvalue weighted by atomic mass is 14.6. The van der Waals surface area contributed by atoms with Crippen molar-refractivity contribution in [1.82, 2.24) is 4.98 Å². The highest BCUT2D eigenvalue weighted by molar-refractivity contribution is 5.29. The van der Waals surface area contributed by atoms with Crippen LogP contribution in [0.15, 0.2) is 12.4 Å². The number of hydrogen-bond acceptors (Lipinski definition) is 0. The van der Waals surface area contributed by atoms with Gasteiger partial charge in [0.25, 0.3) is 0 Å². The van der Waals surface area contributed by atoms with Crippen LogP contribution >= 0.6 is 0 Å². The van der Waals surface area contributed by atoms with Crippen LogP contribution in [0, 0.1) is 0 Å². The molecule has 1 nitrogen and oxygen atoms in total. The predicted octanol–water partition coefficient (Wildman–Crippen LogP) is 4.04. The predicted molar refractivity (Wildman–Crippen MR) is 58.2 cm³/mol. The summed E-state index contributed by atoms with van der Waals surface area (Å²) in [5.41, 5.74) is 3.02. The fraction of sp³-hybridized carbons (Fsp3) is 0.667. The van der Waals surface area contributed by atoms with Crippen LogP contribution in [0.5, 0.6) is 0 Å². The van der Waals surface area contributed by atoms with Gasteiger partial charge in [0.15, 0.2) is 0 Å². The lowest BCUT2D eigenvalue weighted by Gasteiger charge is -2.14. The average Bonchev–Trinajstić information content (AvgIpc) is 2.63. The van der Waals surface area contributed by atoms with Gasteiger partial charge in [-0.1, -0.05) is 27.7 Å². The van der Waals surface area contributed by atoms with Crippen molar-refractivity contribution >= 4 is 0 Å². The lowest BCUT2D eigenvalue weighted by Crippen LogP contribution is -1.97. The monoisotopic (exact) mass is 179 g/mol. The second-order valence-electron chi connectivity index (χ2n) is 3.98. The summed E-state index contributed by atoms with van der Waals surface area (Å²) in [6, 6.07) is 0. The first-order valence-corrected chi connectivity index (χ1v) is 5.37. The molecule has 0 aromatic carbocycles. The minimum atomic E-state index is 0.690. The van der Waals surface area contributed by atoms with Gasteiger partial charge in [-0.2, -0.15) is 0 Å². The molecule has 1 aromatic rings. The Morgan fingerprint density at radius 1 is 1.00 bits per heavy atom. The number of rotatable bonds is 4. The van der Waals surface area contributed by atoms with Crippen LogP contribution in [0.25, 0.3) is 0 Å². The van der Waals surface area contributed by atoms with Crippen molar-refractivity contribution in [1.29, 1.82) is 0 Å². The summed E-state index contributed by atoms with van der Waals surface area (Å²) >= 11 is 0. The van der Waals surface area contributed by atoms with Crippen molar-refractivity contribution in [2.75, 3.05) is 0 Å². The molecule has 1 heterocycles. The molecule has 74 valence electrons.